The van der Waals surface area contributed by atoms with Gasteiger partial charge < -0.3 is 14.4 Å². The van der Waals surface area contributed by atoms with Crippen molar-refractivity contribution in [2.75, 3.05) is 0 Å². The fraction of sp³-hybridized carbons (Fsp3) is 0.417. The third-order valence-corrected chi connectivity index (χ3v) is 1.50. The summed E-state index contributed by atoms with van der Waals surface area (Å²) in [4.78, 5) is 24.0. The van der Waals surface area contributed by atoms with Gasteiger partial charge in [0, 0.05) is 17.1 Å². The van der Waals surface area contributed by atoms with Gasteiger partial charge in [-0.3, -0.25) is 6.08 Å². The van der Waals surface area contributed by atoms with E-state index in [1.54, 1.807) is 0 Å². The quantitative estimate of drug-likeness (QED) is 0.498. The normalized spacial score (nSPS) is 11.1. The van der Waals surface area contributed by atoms with E-state index in [4.69, 9.17) is 14.4 Å². The molecule has 0 saturated heterocycles. The second kappa shape index (κ2) is 16.4. The molecule has 0 aromatic heterocycles. The summed E-state index contributed by atoms with van der Waals surface area (Å²) in [6.07, 6.45) is 8.63. The van der Waals surface area contributed by atoms with Gasteiger partial charge in [-0.1, -0.05) is 20.8 Å². The molecule has 0 atom stereocenters. The van der Waals surface area contributed by atoms with Gasteiger partial charge in [-0.15, -0.1) is 6.42 Å². The topological polar surface area (TPSA) is 51.2 Å². The number of rotatable bonds is 0. The molecule has 0 aliphatic heterocycles. The first-order chi connectivity index (χ1) is 7.11. The molecule has 0 aromatic carbocycles. The van der Waals surface area contributed by atoms with Crippen molar-refractivity contribution in [3.8, 4) is 0 Å². The number of carbonyl (C=O) groups excluding carboxylic acids is 3. The van der Waals surface area contributed by atoms with Crippen LogP contribution in [0.4, 0.5) is 0 Å². The Morgan fingerprint density at radius 2 is 1.44 bits per heavy atom. The molecular formula is C12H19MnO3-. The summed E-state index contributed by atoms with van der Waals surface area (Å²) in [6, 6.07) is 0. The Bertz CT molecular complexity index is 200. The minimum atomic E-state index is 0. The van der Waals surface area contributed by atoms with Crippen LogP contribution in [-0.2, 0) is 31.5 Å². The van der Waals surface area contributed by atoms with Crippen LogP contribution in [0.1, 0.15) is 27.2 Å². The van der Waals surface area contributed by atoms with E-state index in [9.17, 15) is 0 Å². The Labute approximate surface area is 108 Å². The first-order valence-corrected chi connectivity index (χ1v) is 4.25. The van der Waals surface area contributed by atoms with Crippen molar-refractivity contribution in [3.05, 3.63) is 23.8 Å². The van der Waals surface area contributed by atoms with Gasteiger partial charge in [0.1, 0.15) is 20.4 Å². The van der Waals surface area contributed by atoms with E-state index >= 15 is 0 Å². The molecule has 0 unspecified atom stereocenters. The molecule has 1 aliphatic carbocycles. The van der Waals surface area contributed by atoms with Crippen LogP contribution in [0.15, 0.2) is 17.7 Å². The van der Waals surface area contributed by atoms with E-state index in [2.05, 4.69) is 39.0 Å². The predicted octanol–water partition coefficient (Wildman–Crippen LogP) is 2.16. The summed E-state index contributed by atoms with van der Waals surface area (Å²) < 4.78 is 0. The standard InChI is InChI=1S/C9H13.3CH2O.Mn/c1-9(2,3)8-6-4-5-7-8;3*1-2;/h4,6H,5H2,1-3H3;3*1H2;/q-1;;;;. The minimum absolute atomic E-state index is 0. The van der Waals surface area contributed by atoms with Crippen LogP contribution in [0.3, 0.4) is 0 Å². The molecule has 1 aliphatic rings. The SMILES string of the molecule is C=O.C=O.C=O.CC(C)(C)C1=[C-]CC=C1.[Mn]. The van der Waals surface area contributed by atoms with E-state index in [0.29, 0.717) is 5.41 Å². The number of allylic oxidation sites excluding steroid dienone is 4. The second-order valence-corrected chi connectivity index (χ2v) is 3.45. The Morgan fingerprint density at radius 3 is 1.56 bits per heavy atom. The van der Waals surface area contributed by atoms with Gasteiger partial charge in [0.15, 0.2) is 0 Å². The largest absolute Gasteiger partial charge is 0.307 e. The van der Waals surface area contributed by atoms with E-state index in [0.717, 1.165) is 6.42 Å². The maximum absolute atomic E-state index is 8.00. The second-order valence-electron chi connectivity index (χ2n) is 3.45. The van der Waals surface area contributed by atoms with Crippen molar-refractivity contribution in [2.24, 2.45) is 5.41 Å². The van der Waals surface area contributed by atoms with Crippen molar-refractivity contribution in [3.63, 3.8) is 0 Å². The summed E-state index contributed by atoms with van der Waals surface area (Å²) >= 11 is 0. The number of carbonyl (C=O) groups is 3. The molecule has 0 amide bonds. The molecule has 3 nitrogen and oxygen atoms in total. The van der Waals surface area contributed by atoms with E-state index in [1.807, 2.05) is 20.4 Å². The molecule has 0 bridgehead atoms. The van der Waals surface area contributed by atoms with Gasteiger partial charge >= 0.3 is 0 Å². The summed E-state index contributed by atoms with van der Waals surface area (Å²) in [7, 11) is 0. The Balaban J connectivity index is -0.0000000900. The van der Waals surface area contributed by atoms with E-state index in [-0.39, 0.29) is 17.1 Å². The maximum Gasteiger partial charge on any atom is 0.106 e. The van der Waals surface area contributed by atoms with Crippen molar-refractivity contribution in [1.29, 1.82) is 0 Å². The molecule has 0 aromatic rings. The molecule has 0 saturated carbocycles. The Kier molecular flexibility index (Phi) is 25.0. The summed E-state index contributed by atoms with van der Waals surface area (Å²) in [5.41, 5.74) is 1.65. The fourth-order valence-electron chi connectivity index (χ4n) is 0.920. The average Bonchev–Trinajstić information content (AvgIpc) is 2.79. The molecule has 93 valence electrons. The van der Waals surface area contributed by atoms with Gasteiger partial charge in [0.05, 0.1) is 0 Å². The smallest absolute Gasteiger partial charge is 0.106 e. The van der Waals surface area contributed by atoms with Crippen LogP contribution in [0, 0.1) is 11.5 Å². The monoisotopic (exact) mass is 266 g/mol. The van der Waals surface area contributed by atoms with Crippen molar-refractivity contribution in [1.82, 2.24) is 0 Å². The summed E-state index contributed by atoms with van der Waals surface area (Å²) in [6.45, 7) is 12.6. The third-order valence-electron chi connectivity index (χ3n) is 1.50. The third kappa shape index (κ3) is 13.0. The van der Waals surface area contributed by atoms with Crippen LogP contribution >= 0.6 is 0 Å². The van der Waals surface area contributed by atoms with Gasteiger partial charge in [0.25, 0.3) is 0 Å². The molecule has 1 radical (unpaired) electrons. The van der Waals surface area contributed by atoms with Crippen LogP contribution in [0.2, 0.25) is 0 Å². The molecule has 0 heterocycles. The van der Waals surface area contributed by atoms with Crippen molar-refractivity contribution < 1.29 is 31.5 Å². The number of hydrogen-bond acceptors (Lipinski definition) is 3. The first kappa shape index (κ1) is 24.3. The maximum atomic E-state index is 8.00. The molecule has 4 heteroatoms. The van der Waals surface area contributed by atoms with Gasteiger partial charge in [-0.05, 0) is 5.41 Å². The Hall–Kier alpha value is -0.991. The molecular weight excluding hydrogens is 247 g/mol. The Morgan fingerprint density at radius 1 is 1.06 bits per heavy atom. The fourth-order valence-corrected chi connectivity index (χ4v) is 0.920. The van der Waals surface area contributed by atoms with Crippen LogP contribution < -0.4 is 0 Å². The van der Waals surface area contributed by atoms with Crippen LogP contribution in [0.25, 0.3) is 0 Å². The molecule has 0 fully saturated rings. The zero-order valence-electron chi connectivity index (χ0n) is 10.1. The van der Waals surface area contributed by atoms with E-state index < -0.39 is 0 Å². The van der Waals surface area contributed by atoms with Gasteiger partial charge in [-0.25, -0.2) is 11.6 Å². The van der Waals surface area contributed by atoms with Crippen molar-refractivity contribution >= 4 is 20.4 Å². The summed E-state index contributed by atoms with van der Waals surface area (Å²) in [5, 5.41) is 0. The van der Waals surface area contributed by atoms with E-state index in [1.165, 1.54) is 5.57 Å². The van der Waals surface area contributed by atoms with Crippen molar-refractivity contribution in [2.45, 2.75) is 27.2 Å². The zero-order chi connectivity index (χ0) is 12.9. The molecule has 0 N–H and O–H groups in total. The van der Waals surface area contributed by atoms with Gasteiger partial charge in [0.2, 0.25) is 0 Å². The first-order valence-electron chi connectivity index (χ1n) is 4.25. The predicted molar refractivity (Wildman–Crippen MR) is 61.3 cm³/mol. The zero-order valence-corrected chi connectivity index (χ0v) is 11.3. The minimum Gasteiger partial charge on any atom is -0.307 e. The summed E-state index contributed by atoms with van der Waals surface area (Å²) in [5.74, 6) is 0. The van der Waals surface area contributed by atoms with Crippen LogP contribution in [-0.4, -0.2) is 20.4 Å². The molecule has 16 heavy (non-hydrogen) atoms. The number of hydrogen-bond donors (Lipinski definition) is 0. The molecule has 1 rings (SSSR count). The van der Waals surface area contributed by atoms with Gasteiger partial charge in [-0.2, -0.15) is 6.08 Å². The average molecular weight is 266 g/mol. The molecule has 0 spiro atoms. The van der Waals surface area contributed by atoms with Crippen LogP contribution in [0.5, 0.6) is 0 Å².